The van der Waals surface area contributed by atoms with Crippen LogP contribution in [0.15, 0.2) is 12.3 Å². The third kappa shape index (κ3) is 4.05. The maximum absolute atomic E-state index is 12.1. The van der Waals surface area contributed by atoms with E-state index in [2.05, 4.69) is 4.98 Å². The van der Waals surface area contributed by atoms with E-state index in [1.807, 2.05) is 27.7 Å². The molecule has 0 amide bonds. The molecule has 5 nitrogen and oxygen atoms in total. The van der Waals surface area contributed by atoms with Crippen LogP contribution in [0.1, 0.15) is 63.5 Å². The molecule has 1 rings (SSSR count). The summed E-state index contributed by atoms with van der Waals surface area (Å²) in [5.41, 5.74) is 1.78. The zero-order valence-electron chi connectivity index (χ0n) is 12.7. The Bertz CT molecular complexity index is 508. The molecular formula is C15H22N2O3. The molecule has 0 saturated carbocycles. The molecule has 0 bridgehead atoms. The Balaban J connectivity index is 3.23. The van der Waals surface area contributed by atoms with E-state index in [1.54, 1.807) is 13.0 Å². The summed E-state index contributed by atoms with van der Waals surface area (Å²) in [5.74, 6) is -0.273. The zero-order valence-corrected chi connectivity index (χ0v) is 12.7. The van der Waals surface area contributed by atoms with Crippen molar-refractivity contribution in [3.05, 3.63) is 34.6 Å². The van der Waals surface area contributed by atoms with Crippen LogP contribution in [0.2, 0.25) is 0 Å². The third-order valence-electron chi connectivity index (χ3n) is 2.80. The van der Waals surface area contributed by atoms with Crippen LogP contribution >= 0.6 is 0 Å². The molecule has 1 heterocycles. The molecule has 1 aromatic heterocycles. The molecule has 0 aliphatic heterocycles. The van der Waals surface area contributed by atoms with Gasteiger partial charge in [0.05, 0.1) is 6.61 Å². The van der Waals surface area contributed by atoms with Crippen LogP contribution in [0.3, 0.4) is 0 Å². The first-order valence-electron chi connectivity index (χ1n) is 6.85. The lowest BCUT2D eigenvalue weighted by atomic mass is 10.1. The van der Waals surface area contributed by atoms with Crippen molar-refractivity contribution in [3.63, 3.8) is 0 Å². The van der Waals surface area contributed by atoms with Crippen LogP contribution in [0.4, 0.5) is 0 Å². The van der Waals surface area contributed by atoms with E-state index in [4.69, 9.17) is 4.74 Å². The summed E-state index contributed by atoms with van der Waals surface area (Å²) in [6.45, 7) is 9.84. The van der Waals surface area contributed by atoms with Gasteiger partial charge in [-0.15, -0.1) is 0 Å². The Kier molecular flexibility index (Phi) is 5.67. The number of hydrogen-bond donors (Lipinski definition) is 0. The van der Waals surface area contributed by atoms with E-state index in [1.165, 1.54) is 12.3 Å². The van der Waals surface area contributed by atoms with Gasteiger partial charge in [-0.05, 0) is 13.0 Å². The predicted molar refractivity (Wildman–Crippen MR) is 77.0 cm³/mol. The minimum Gasteiger partial charge on any atom is -0.618 e. The van der Waals surface area contributed by atoms with E-state index in [0.717, 1.165) is 4.73 Å². The average molecular weight is 278 g/mol. The highest BCUT2D eigenvalue weighted by atomic mass is 16.5. The number of carbonyl (C=O) groups excluding carboxylic acids is 1. The van der Waals surface area contributed by atoms with E-state index in [0.29, 0.717) is 23.7 Å². The molecule has 0 aliphatic carbocycles. The van der Waals surface area contributed by atoms with E-state index in [9.17, 15) is 10.0 Å². The van der Waals surface area contributed by atoms with Gasteiger partial charge in [-0.3, -0.25) is 0 Å². The van der Waals surface area contributed by atoms with Crippen molar-refractivity contribution in [1.82, 2.24) is 4.98 Å². The maximum atomic E-state index is 12.1. The van der Waals surface area contributed by atoms with Crippen molar-refractivity contribution < 1.29 is 14.3 Å². The number of aromatic nitrogens is 2. The second kappa shape index (κ2) is 7.03. The standard InChI is InChI=1S/C15H22N2O3/c1-6-20-14(18)8-7-12-15(11(4)5)17(19)9-13(16-12)10(2)3/h7-11H,6H2,1-5H3/b8-7+. The van der Waals surface area contributed by atoms with Gasteiger partial charge >= 0.3 is 5.97 Å². The van der Waals surface area contributed by atoms with Gasteiger partial charge in [-0.2, -0.15) is 4.73 Å². The molecule has 0 fully saturated rings. The van der Waals surface area contributed by atoms with Crippen molar-refractivity contribution in [3.8, 4) is 0 Å². The van der Waals surface area contributed by atoms with Crippen LogP contribution in [0, 0.1) is 5.21 Å². The van der Waals surface area contributed by atoms with Crippen molar-refractivity contribution in [2.45, 2.75) is 46.5 Å². The van der Waals surface area contributed by atoms with Gasteiger partial charge < -0.3 is 9.94 Å². The topological polar surface area (TPSA) is 66.1 Å². The van der Waals surface area contributed by atoms with Crippen molar-refractivity contribution in [1.29, 1.82) is 0 Å². The number of ether oxygens (including phenoxy) is 1. The number of hydrogen-bond acceptors (Lipinski definition) is 4. The van der Waals surface area contributed by atoms with E-state index < -0.39 is 5.97 Å². The van der Waals surface area contributed by atoms with Crippen molar-refractivity contribution in [2.24, 2.45) is 0 Å². The Morgan fingerprint density at radius 2 is 2.05 bits per heavy atom. The quantitative estimate of drug-likeness (QED) is 0.359. The molecule has 0 radical (unpaired) electrons. The maximum Gasteiger partial charge on any atom is 0.330 e. The molecule has 110 valence electrons. The molecule has 0 spiro atoms. The summed E-state index contributed by atoms with van der Waals surface area (Å²) in [7, 11) is 0. The lowest BCUT2D eigenvalue weighted by molar-refractivity contribution is -0.616. The highest BCUT2D eigenvalue weighted by molar-refractivity contribution is 5.86. The largest absolute Gasteiger partial charge is 0.618 e. The summed E-state index contributed by atoms with van der Waals surface area (Å²) in [5, 5.41) is 12.1. The van der Waals surface area contributed by atoms with Crippen LogP contribution in [0.5, 0.6) is 0 Å². The molecule has 0 saturated heterocycles. The summed E-state index contributed by atoms with van der Waals surface area (Å²) < 4.78 is 5.68. The van der Waals surface area contributed by atoms with Crippen molar-refractivity contribution >= 4 is 12.0 Å². The highest BCUT2D eigenvalue weighted by Gasteiger charge is 2.19. The molecule has 1 aromatic rings. The summed E-state index contributed by atoms with van der Waals surface area (Å²) in [6, 6.07) is 0. The highest BCUT2D eigenvalue weighted by Crippen LogP contribution is 2.18. The number of nitrogens with zero attached hydrogens (tertiary/aromatic N) is 2. The van der Waals surface area contributed by atoms with Crippen LogP contribution < -0.4 is 4.73 Å². The first-order valence-corrected chi connectivity index (χ1v) is 6.85. The second-order valence-corrected chi connectivity index (χ2v) is 5.16. The average Bonchev–Trinajstić information content (AvgIpc) is 2.35. The van der Waals surface area contributed by atoms with Gasteiger partial charge in [0, 0.05) is 17.9 Å². The summed E-state index contributed by atoms with van der Waals surface area (Å²) >= 11 is 0. The van der Waals surface area contributed by atoms with Gasteiger partial charge in [-0.1, -0.05) is 27.7 Å². The fraction of sp³-hybridized carbons (Fsp3) is 0.533. The zero-order chi connectivity index (χ0) is 15.3. The normalized spacial score (nSPS) is 11.6. The van der Waals surface area contributed by atoms with Gasteiger partial charge in [0.2, 0.25) is 11.9 Å². The smallest absolute Gasteiger partial charge is 0.330 e. The molecular weight excluding hydrogens is 256 g/mol. The number of esters is 1. The Labute approximate surface area is 119 Å². The van der Waals surface area contributed by atoms with E-state index in [-0.39, 0.29) is 11.8 Å². The third-order valence-corrected chi connectivity index (χ3v) is 2.80. The van der Waals surface area contributed by atoms with Crippen LogP contribution in [-0.2, 0) is 9.53 Å². The molecule has 20 heavy (non-hydrogen) atoms. The minimum absolute atomic E-state index is 0.0167. The minimum atomic E-state index is -0.434. The van der Waals surface area contributed by atoms with Gasteiger partial charge in [0.25, 0.3) is 0 Å². The molecule has 0 aromatic carbocycles. The second-order valence-electron chi connectivity index (χ2n) is 5.16. The summed E-state index contributed by atoms with van der Waals surface area (Å²) in [4.78, 5) is 15.9. The Morgan fingerprint density at radius 1 is 1.40 bits per heavy atom. The molecule has 0 atom stereocenters. The number of carbonyl (C=O) groups is 1. The first-order chi connectivity index (χ1) is 9.36. The molecule has 0 unspecified atom stereocenters. The Hall–Kier alpha value is -1.91. The van der Waals surface area contributed by atoms with Gasteiger partial charge in [-0.25, -0.2) is 9.78 Å². The van der Waals surface area contributed by atoms with E-state index >= 15 is 0 Å². The molecule has 0 N–H and O–H groups in total. The summed E-state index contributed by atoms with van der Waals surface area (Å²) in [6.07, 6.45) is 4.36. The van der Waals surface area contributed by atoms with Crippen LogP contribution in [0.25, 0.3) is 6.08 Å². The monoisotopic (exact) mass is 278 g/mol. The number of rotatable bonds is 5. The molecule has 0 aliphatic rings. The fourth-order valence-electron chi connectivity index (χ4n) is 1.82. The van der Waals surface area contributed by atoms with Gasteiger partial charge in [0.1, 0.15) is 11.4 Å². The molecule has 5 heteroatoms. The lowest BCUT2D eigenvalue weighted by Crippen LogP contribution is -2.35. The lowest BCUT2D eigenvalue weighted by Gasteiger charge is -2.13. The fourth-order valence-corrected chi connectivity index (χ4v) is 1.82. The first kappa shape index (κ1) is 16.1. The predicted octanol–water partition coefficient (Wildman–Crippen LogP) is 2.54. The van der Waals surface area contributed by atoms with Gasteiger partial charge in [0.15, 0.2) is 0 Å². The SMILES string of the molecule is CCOC(=O)/C=C/c1nc(C(C)C)c[n+]([O-])c1C(C)C. The van der Waals surface area contributed by atoms with Crippen molar-refractivity contribution in [2.75, 3.05) is 6.61 Å². The Morgan fingerprint density at radius 3 is 2.55 bits per heavy atom. The van der Waals surface area contributed by atoms with Crippen LogP contribution in [-0.4, -0.2) is 17.6 Å².